The van der Waals surface area contributed by atoms with Gasteiger partial charge in [0.15, 0.2) is 9.84 Å². The summed E-state index contributed by atoms with van der Waals surface area (Å²) in [7, 11) is -3.17. The number of anilines is 2. The van der Waals surface area contributed by atoms with Crippen LogP contribution < -0.4 is 9.80 Å². The molecule has 0 N–H and O–H groups in total. The maximum atomic E-state index is 13.3. The van der Waals surface area contributed by atoms with Gasteiger partial charge in [-0.05, 0) is 56.2 Å². The molecule has 0 spiro atoms. The van der Waals surface area contributed by atoms with Gasteiger partial charge in [-0.1, -0.05) is 23.8 Å². The zero-order chi connectivity index (χ0) is 18.6. The third-order valence-electron chi connectivity index (χ3n) is 5.17. The monoisotopic (exact) mass is 370 g/mol. The fourth-order valence-electron chi connectivity index (χ4n) is 4.10. The Morgan fingerprint density at radius 2 is 1.27 bits per heavy atom. The van der Waals surface area contributed by atoms with Crippen LogP contribution in [0.4, 0.5) is 16.2 Å². The van der Waals surface area contributed by atoms with E-state index in [1.54, 1.807) is 9.80 Å². The third kappa shape index (κ3) is 2.78. The highest BCUT2D eigenvalue weighted by Gasteiger charge is 2.54. The van der Waals surface area contributed by atoms with E-state index >= 15 is 0 Å². The van der Waals surface area contributed by atoms with E-state index in [0.717, 1.165) is 28.1 Å². The molecule has 6 heteroatoms. The summed E-state index contributed by atoms with van der Waals surface area (Å²) in [5.74, 6) is 0.0251. The molecule has 0 bridgehead atoms. The standard InChI is InChI=1S/C20H22N2O3S/c1-13-4-6-16(7-5-13)21-18-11-26(24,25)12-19(18)22(20(21)23)17-9-14(2)8-15(3)10-17/h4-10,18-19H,11-12H2,1-3H3/t18-,19-/m1/s1. The van der Waals surface area contributed by atoms with Gasteiger partial charge >= 0.3 is 6.03 Å². The molecule has 0 saturated carbocycles. The van der Waals surface area contributed by atoms with E-state index in [4.69, 9.17) is 0 Å². The molecule has 0 radical (unpaired) electrons. The molecule has 5 nitrogen and oxygen atoms in total. The SMILES string of the molecule is Cc1ccc(N2C(=O)N(c3cc(C)cc(C)c3)[C@@H]3CS(=O)(=O)C[C@H]32)cc1. The summed E-state index contributed by atoms with van der Waals surface area (Å²) < 4.78 is 24.7. The van der Waals surface area contributed by atoms with E-state index in [0.29, 0.717) is 0 Å². The Hall–Kier alpha value is -2.34. The van der Waals surface area contributed by atoms with E-state index in [-0.39, 0.29) is 29.6 Å². The van der Waals surface area contributed by atoms with E-state index in [1.807, 2.05) is 63.2 Å². The van der Waals surface area contributed by atoms with Crippen LogP contribution in [0, 0.1) is 20.8 Å². The summed E-state index contributed by atoms with van der Waals surface area (Å²) in [6, 6.07) is 12.8. The summed E-state index contributed by atoms with van der Waals surface area (Å²) in [5.41, 5.74) is 4.73. The van der Waals surface area contributed by atoms with E-state index in [9.17, 15) is 13.2 Å². The number of amides is 2. The maximum absolute atomic E-state index is 13.3. The molecular formula is C20H22N2O3S. The zero-order valence-electron chi connectivity index (χ0n) is 15.1. The van der Waals surface area contributed by atoms with Crippen molar-refractivity contribution < 1.29 is 13.2 Å². The first-order valence-corrected chi connectivity index (χ1v) is 10.6. The van der Waals surface area contributed by atoms with Crippen molar-refractivity contribution >= 4 is 27.2 Å². The third-order valence-corrected chi connectivity index (χ3v) is 6.86. The highest BCUT2D eigenvalue weighted by Crippen LogP contribution is 2.38. The molecule has 2 aliphatic rings. The number of fused-ring (bicyclic) bond motifs is 1. The lowest BCUT2D eigenvalue weighted by molar-refractivity contribution is 0.255. The van der Waals surface area contributed by atoms with E-state index in [1.165, 1.54) is 0 Å². The molecule has 0 unspecified atom stereocenters. The van der Waals surface area contributed by atoms with Gasteiger partial charge in [0.25, 0.3) is 0 Å². The molecule has 2 atom stereocenters. The molecule has 2 heterocycles. The quantitative estimate of drug-likeness (QED) is 0.763. The average molecular weight is 370 g/mol. The number of aryl methyl sites for hydroxylation is 3. The Morgan fingerprint density at radius 1 is 0.769 bits per heavy atom. The first kappa shape index (κ1) is 17.1. The van der Waals surface area contributed by atoms with Crippen LogP contribution in [0.3, 0.4) is 0 Å². The van der Waals surface area contributed by atoms with Gasteiger partial charge in [0, 0.05) is 11.4 Å². The van der Waals surface area contributed by atoms with Crippen molar-refractivity contribution in [1.29, 1.82) is 0 Å². The number of urea groups is 1. The second-order valence-electron chi connectivity index (χ2n) is 7.42. The van der Waals surface area contributed by atoms with Gasteiger partial charge < -0.3 is 0 Å². The molecule has 0 aliphatic carbocycles. The van der Waals surface area contributed by atoms with Crippen molar-refractivity contribution in [2.45, 2.75) is 32.9 Å². The molecule has 2 aliphatic heterocycles. The van der Waals surface area contributed by atoms with Crippen LogP contribution in [0.25, 0.3) is 0 Å². The maximum Gasteiger partial charge on any atom is 0.329 e. The molecule has 2 fully saturated rings. The fraction of sp³-hybridized carbons (Fsp3) is 0.350. The molecule has 4 rings (SSSR count). The number of rotatable bonds is 2. The van der Waals surface area contributed by atoms with Crippen LogP contribution in [-0.2, 0) is 9.84 Å². The molecule has 2 saturated heterocycles. The predicted octanol–water partition coefficient (Wildman–Crippen LogP) is 3.22. The lowest BCUT2D eigenvalue weighted by Crippen LogP contribution is -2.38. The minimum Gasteiger partial charge on any atom is -0.288 e. The number of hydrogen-bond donors (Lipinski definition) is 0. The van der Waals surface area contributed by atoms with Crippen LogP contribution in [0.2, 0.25) is 0 Å². The van der Waals surface area contributed by atoms with Crippen molar-refractivity contribution in [1.82, 2.24) is 0 Å². The first-order chi connectivity index (χ1) is 12.2. The van der Waals surface area contributed by atoms with E-state index in [2.05, 4.69) is 0 Å². The number of carbonyl (C=O) groups excluding carboxylic acids is 1. The normalized spacial score (nSPS) is 24.2. The lowest BCUT2D eigenvalue weighted by Gasteiger charge is -2.23. The highest BCUT2D eigenvalue weighted by atomic mass is 32.2. The fourth-order valence-corrected chi connectivity index (χ4v) is 6.02. The largest absolute Gasteiger partial charge is 0.329 e. The molecule has 2 aromatic rings. The Kier molecular flexibility index (Phi) is 3.84. The predicted molar refractivity (Wildman–Crippen MR) is 104 cm³/mol. The Bertz CT molecular complexity index is 962. The van der Waals surface area contributed by atoms with Gasteiger partial charge in [-0.3, -0.25) is 9.80 Å². The van der Waals surface area contributed by atoms with Gasteiger partial charge in [0.2, 0.25) is 0 Å². The van der Waals surface area contributed by atoms with Crippen LogP contribution in [0.1, 0.15) is 16.7 Å². The highest BCUT2D eigenvalue weighted by molar-refractivity contribution is 7.91. The van der Waals surface area contributed by atoms with E-state index < -0.39 is 9.84 Å². The molecular weight excluding hydrogens is 348 g/mol. The summed E-state index contributed by atoms with van der Waals surface area (Å²) in [6.07, 6.45) is 0. The minimum absolute atomic E-state index is 0.0125. The number of sulfone groups is 1. The Balaban J connectivity index is 1.82. The number of benzene rings is 2. The van der Waals surface area contributed by atoms with Crippen LogP contribution in [0.5, 0.6) is 0 Å². The number of hydrogen-bond acceptors (Lipinski definition) is 3. The van der Waals surface area contributed by atoms with Crippen molar-refractivity contribution in [2.75, 3.05) is 21.3 Å². The lowest BCUT2D eigenvalue weighted by atomic mass is 10.1. The van der Waals surface area contributed by atoms with Crippen molar-refractivity contribution in [3.8, 4) is 0 Å². The van der Waals surface area contributed by atoms with Gasteiger partial charge in [-0.2, -0.15) is 0 Å². The van der Waals surface area contributed by atoms with Crippen molar-refractivity contribution in [3.63, 3.8) is 0 Å². The Morgan fingerprint density at radius 3 is 1.81 bits per heavy atom. The molecule has 0 aromatic heterocycles. The van der Waals surface area contributed by atoms with Crippen molar-refractivity contribution in [3.05, 3.63) is 59.2 Å². The van der Waals surface area contributed by atoms with Crippen molar-refractivity contribution in [2.24, 2.45) is 0 Å². The molecule has 2 amide bonds. The minimum atomic E-state index is -3.17. The van der Waals surface area contributed by atoms with Crippen LogP contribution >= 0.6 is 0 Å². The average Bonchev–Trinajstić information content (AvgIpc) is 2.96. The van der Waals surface area contributed by atoms with Gasteiger partial charge in [-0.25, -0.2) is 13.2 Å². The summed E-state index contributed by atoms with van der Waals surface area (Å²) >= 11 is 0. The zero-order valence-corrected chi connectivity index (χ0v) is 16.0. The first-order valence-electron chi connectivity index (χ1n) is 8.73. The van der Waals surface area contributed by atoms with Crippen LogP contribution in [0.15, 0.2) is 42.5 Å². The van der Waals surface area contributed by atoms with Crippen LogP contribution in [-0.4, -0.2) is 38.0 Å². The number of nitrogens with zero attached hydrogens (tertiary/aromatic N) is 2. The summed E-state index contributed by atoms with van der Waals surface area (Å²) in [5, 5.41) is 0. The smallest absolute Gasteiger partial charge is 0.288 e. The Labute approximate surface area is 154 Å². The molecule has 26 heavy (non-hydrogen) atoms. The second kappa shape index (κ2) is 5.84. The summed E-state index contributed by atoms with van der Waals surface area (Å²) in [4.78, 5) is 16.6. The topological polar surface area (TPSA) is 57.7 Å². The number of carbonyl (C=O) groups is 1. The van der Waals surface area contributed by atoms with Gasteiger partial charge in [0.1, 0.15) is 0 Å². The van der Waals surface area contributed by atoms with Gasteiger partial charge in [-0.15, -0.1) is 0 Å². The second-order valence-corrected chi connectivity index (χ2v) is 9.57. The summed E-state index contributed by atoms with van der Waals surface area (Å²) in [6.45, 7) is 5.95. The molecule has 136 valence electrons. The van der Waals surface area contributed by atoms with Gasteiger partial charge in [0.05, 0.1) is 23.6 Å². The molecule has 2 aromatic carbocycles.